The Morgan fingerprint density at radius 2 is 0.820 bits per heavy atom. The van der Waals surface area contributed by atoms with Crippen LogP contribution in [0.3, 0.4) is 0 Å². The summed E-state index contributed by atoms with van der Waals surface area (Å²) in [6, 6.07) is 60.3. The Kier molecular flexibility index (Phi) is 24.3. The highest BCUT2D eigenvalue weighted by Crippen LogP contribution is 2.29. The van der Waals surface area contributed by atoms with Crippen molar-refractivity contribution in [2.75, 3.05) is 88.8 Å². The zero-order chi connectivity index (χ0) is 62.9. The van der Waals surface area contributed by atoms with Gasteiger partial charge < -0.3 is 50.4 Å². The number of rotatable bonds is 23. The van der Waals surface area contributed by atoms with Crippen molar-refractivity contribution in [3.05, 3.63) is 251 Å². The number of aromatic nitrogens is 2. The number of aryl methyl sites for hydroxylation is 1. The molecule has 2 heterocycles. The Labute approximate surface area is 528 Å². The third-order valence-corrected chi connectivity index (χ3v) is 14.9. The molecule has 456 valence electrons. The third kappa shape index (κ3) is 18.8. The first-order valence-corrected chi connectivity index (χ1v) is 30.1. The average molecular weight is 1260 g/mol. The monoisotopic (exact) mass is 1260 g/mol. The first-order valence-electron chi connectivity index (χ1n) is 29.0. The van der Waals surface area contributed by atoms with E-state index in [-0.39, 0.29) is 23.6 Å². The lowest BCUT2D eigenvalue weighted by atomic mass is 10.1. The molecule has 0 spiro atoms. The number of para-hydroxylation sites is 4. The molecule has 2 aromatic heterocycles. The van der Waals surface area contributed by atoms with Crippen molar-refractivity contribution in [2.24, 2.45) is 0 Å². The van der Waals surface area contributed by atoms with E-state index in [0.717, 1.165) is 95.5 Å². The molecular formula is C72H73BrN8O8. The van der Waals surface area contributed by atoms with E-state index in [0.29, 0.717) is 45.0 Å². The summed E-state index contributed by atoms with van der Waals surface area (Å²) >= 11 is 3.42. The van der Waals surface area contributed by atoms with Crippen molar-refractivity contribution in [2.45, 2.75) is 25.7 Å². The SMILES string of the molecule is CNCCc1ccc(OC)c(OC)c1.COc1ccc(CCN(C)CCc2ccc(NC(=O)c3ccccc3NC(=O)c3cnc4ccccc4c3)cc2)cc1OC.O=C(Nc1ccccc1C(=O)Nc1ccc(CCBr)cc1)c1cnc2ccccc2c1. The Hall–Kier alpha value is -9.94. The van der Waals surface area contributed by atoms with Gasteiger partial charge in [-0.2, -0.15) is 0 Å². The third-order valence-electron chi connectivity index (χ3n) is 14.5. The van der Waals surface area contributed by atoms with Crippen molar-refractivity contribution >= 4 is 84.1 Å². The van der Waals surface area contributed by atoms with Gasteiger partial charge in [0.25, 0.3) is 23.6 Å². The minimum atomic E-state index is -0.332. The highest BCUT2D eigenvalue weighted by atomic mass is 79.9. The summed E-state index contributed by atoms with van der Waals surface area (Å²) < 4.78 is 21.1. The fourth-order valence-electron chi connectivity index (χ4n) is 9.47. The molecular weight excluding hydrogens is 1180 g/mol. The van der Waals surface area contributed by atoms with Crippen molar-refractivity contribution < 1.29 is 38.1 Å². The summed E-state index contributed by atoms with van der Waals surface area (Å²) in [5, 5.41) is 17.3. The van der Waals surface area contributed by atoms with Gasteiger partial charge >= 0.3 is 0 Å². The van der Waals surface area contributed by atoms with Crippen LogP contribution >= 0.6 is 15.9 Å². The van der Waals surface area contributed by atoms with E-state index < -0.39 is 0 Å². The number of amides is 4. The summed E-state index contributed by atoms with van der Waals surface area (Å²) in [4.78, 5) is 62.9. The summed E-state index contributed by atoms with van der Waals surface area (Å²) in [6.45, 7) is 2.78. The van der Waals surface area contributed by atoms with E-state index in [1.54, 1.807) is 89.1 Å². The number of methoxy groups -OCH3 is 4. The Morgan fingerprint density at radius 3 is 1.26 bits per heavy atom. The maximum Gasteiger partial charge on any atom is 0.257 e. The largest absolute Gasteiger partial charge is 0.493 e. The molecule has 10 aromatic rings. The zero-order valence-electron chi connectivity index (χ0n) is 50.8. The van der Waals surface area contributed by atoms with Gasteiger partial charge in [0.1, 0.15) is 0 Å². The van der Waals surface area contributed by atoms with E-state index in [1.165, 1.54) is 34.6 Å². The summed E-state index contributed by atoms with van der Waals surface area (Å²) in [6.07, 6.45) is 6.79. The van der Waals surface area contributed by atoms with Crippen LogP contribution in [0.1, 0.15) is 63.7 Å². The maximum absolute atomic E-state index is 13.2. The van der Waals surface area contributed by atoms with E-state index in [2.05, 4.69) is 76.6 Å². The number of likely N-dealkylation sites (N-methyl/N-ethyl adjacent to an activating group) is 2. The second-order valence-electron chi connectivity index (χ2n) is 20.6. The van der Waals surface area contributed by atoms with Gasteiger partial charge in [0.15, 0.2) is 23.0 Å². The number of nitrogens with one attached hydrogen (secondary N) is 5. The van der Waals surface area contributed by atoms with E-state index in [4.69, 9.17) is 18.9 Å². The molecule has 0 aliphatic heterocycles. The number of alkyl halides is 1. The van der Waals surface area contributed by atoms with Crippen molar-refractivity contribution in [3.8, 4) is 23.0 Å². The van der Waals surface area contributed by atoms with Gasteiger partial charge in [-0.1, -0.05) is 113 Å². The van der Waals surface area contributed by atoms with Crippen LogP contribution in [-0.4, -0.2) is 106 Å². The molecule has 0 saturated carbocycles. The quantitative estimate of drug-likeness (QED) is 0.0381. The molecule has 0 aliphatic rings. The number of anilines is 4. The maximum atomic E-state index is 13.2. The second kappa shape index (κ2) is 33.3. The number of carbonyl (C=O) groups is 4. The van der Waals surface area contributed by atoms with E-state index >= 15 is 0 Å². The lowest BCUT2D eigenvalue weighted by molar-refractivity contribution is 0.101. The number of ether oxygens (including phenoxy) is 4. The van der Waals surface area contributed by atoms with E-state index in [1.807, 2.05) is 128 Å². The fraction of sp³-hybridized carbons (Fsp3) is 0.194. The zero-order valence-corrected chi connectivity index (χ0v) is 52.4. The number of nitrogens with zero attached hydrogens (tertiary/aromatic N) is 3. The smallest absolute Gasteiger partial charge is 0.257 e. The minimum Gasteiger partial charge on any atom is -0.493 e. The topological polar surface area (TPSA) is 194 Å². The second-order valence-corrected chi connectivity index (χ2v) is 21.4. The molecule has 0 atom stereocenters. The standard InChI is InChI=1S/C36H36N4O4.C25H20BrN3O2.C11H17NO2/c1-40(21-19-26-14-17-33(43-2)34(22-26)44-3)20-18-25-12-15-29(16-13-25)38-36(42)30-9-5-7-11-32(30)39-35(41)28-23-27-8-4-6-10-31(27)37-24-28;26-14-13-17-9-11-20(12-10-17)28-25(31)21-6-2-4-8-23(21)29-24(30)19-15-18-5-1-3-7-22(18)27-16-19;1-12-7-6-9-4-5-10(13-2)11(8-9)14-3/h4-17,22-24H,18-21H2,1-3H3,(H,38,42)(H,39,41);1-12,15-16H,13-14H2,(H,28,31)(H,29,30);4-5,8,12H,6-7H2,1-3H3. The van der Waals surface area contributed by atoms with Crippen LogP contribution in [0.25, 0.3) is 21.8 Å². The average Bonchev–Trinajstić information content (AvgIpc) is 3.63. The first kappa shape index (κ1) is 65.0. The number of pyridine rings is 2. The highest BCUT2D eigenvalue weighted by molar-refractivity contribution is 9.09. The van der Waals surface area contributed by atoms with Gasteiger partial charge in [-0.3, -0.25) is 29.1 Å². The van der Waals surface area contributed by atoms with Gasteiger partial charge in [0.2, 0.25) is 0 Å². The molecule has 5 N–H and O–H groups in total. The number of carbonyl (C=O) groups excluding carboxylic acids is 4. The number of hydrogen-bond donors (Lipinski definition) is 5. The molecule has 8 aromatic carbocycles. The van der Waals surface area contributed by atoms with Gasteiger partial charge in [-0.05, 0) is 166 Å². The Morgan fingerprint density at radius 1 is 0.427 bits per heavy atom. The number of fused-ring (bicyclic) bond motifs is 2. The molecule has 0 radical (unpaired) electrons. The van der Waals surface area contributed by atoms with Crippen LogP contribution in [0.4, 0.5) is 22.7 Å². The lowest BCUT2D eigenvalue weighted by Crippen LogP contribution is -2.23. The van der Waals surface area contributed by atoms with Crippen LogP contribution in [0, 0.1) is 0 Å². The van der Waals surface area contributed by atoms with Gasteiger partial charge in [-0.15, -0.1) is 0 Å². The number of benzene rings is 8. The number of hydrogen-bond acceptors (Lipinski definition) is 12. The molecule has 89 heavy (non-hydrogen) atoms. The van der Waals surface area contributed by atoms with Gasteiger partial charge in [0.05, 0.1) is 73.1 Å². The molecule has 17 heteroatoms. The molecule has 10 rings (SSSR count). The Balaban J connectivity index is 0.000000196. The first-order chi connectivity index (χ1) is 43.4. The van der Waals surface area contributed by atoms with Crippen LogP contribution < -0.4 is 45.5 Å². The van der Waals surface area contributed by atoms with Crippen LogP contribution in [0.5, 0.6) is 23.0 Å². The van der Waals surface area contributed by atoms with Crippen molar-refractivity contribution in [1.29, 1.82) is 0 Å². The summed E-state index contributed by atoms with van der Waals surface area (Å²) in [7, 11) is 10.6. The normalized spacial score (nSPS) is 10.7. The Bertz CT molecular complexity index is 4000. The fourth-order valence-corrected chi connectivity index (χ4v) is 9.93. The van der Waals surface area contributed by atoms with Crippen LogP contribution in [0.2, 0.25) is 0 Å². The van der Waals surface area contributed by atoms with E-state index in [9.17, 15) is 19.2 Å². The minimum absolute atomic E-state index is 0.291. The molecule has 4 amide bonds. The van der Waals surface area contributed by atoms with Crippen LogP contribution in [-0.2, 0) is 25.7 Å². The summed E-state index contributed by atoms with van der Waals surface area (Å²) in [5.74, 6) is 1.79. The molecule has 0 saturated heterocycles. The number of halogens is 1. The predicted molar refractivity (Wildman–Crippen MR) is 360 cm³/mol. The molecule has 16 nitrogen and oxygen atoms in total. The van der Waals surface area contributed by atoms with Gasteiger partial charge in [0, 0.05) is 53.0 Å². The van der Waals surface area contributed by atoms with Crippen LogP contribution in [0.15, 0.2) is 207 Å². The van der Waals surface area contributed by atoms with Crippen molar-refractivity contribution in [1.82, 2.24) is 20.2 Å². The summed E-state index contributed by atoms with van der Waals surface area (Å²) in [5.41, 5.74) is 10.3. The highest BCUT2D eigenvalue weighted by Gasteiger charge is 2.18. The molecule has 0 bridgehead atoms. The predicted octanol–water partition coefficient (Wildman–Crippen LogP) is 13.6. The van der Waals surface area contributed by atoms with Gasteiger partial charge in [-0.25, -0.2) is 0 Å². The molecule has 0 unspecified atom stereocenters. The molecule has 0 aliphatic carbocycles. The lowest BCUT2D eigenvalue weighted by Gasteiger charge is -2.17. The molecule has 0 fully saturated rings. The van der Waals surface area contributed by atoms with Crippen molar-refractivity contribution in [3.63, 3.8) is 0 Å².